The van der Waals surface area contributed by atoms with E-state index in [1.807, 2.05) is 12.1 Å². The highest BCUT2D eigenvalue weighted by molar-refractivity contribution is 5.54. The van der Waals surface area contributed by atoms with Crippen molar-refractivity contribution in [3.63, 3.8) is 0 Å². The summed E-state index contributed by atoms with van der Waals surface area (Å²) in [4.78, 5) is 10.4. The highest BCUT2D eigenvalue weighted by Gasteiger charge is 2.14. The third kappa shape index (κ3) is 3.20. The Morgan fingerprint density at radius 3 is 2.47 bits per heavy atom. The molecule has 0 fully saturated rings. The van der Waals surface area contributed by atoms with Crippen LogP contribution < -0.4 is 9.47 Å². The molecule has 1 aromatic rings. The first kappa shape index (κ1) is 13.5. The van der Waals surface area contributed by atoms with Gasteiger partial charge in [-0.3, -0.25) is 0 Å². The van der Waals surface area contributed by atoms with Crippen LogP contribution in [0.25, 0.3) is 0 Å². The molecular weight excluding hydrogens is 220 g/mol. The van der Waals surface area contributed by atoms with Gasteiger partial charge < -0.3 is 19.0 Å². The Hall–Kier alpha value is -1.55. The first-order valence-electron chi connectivity index (χ1n) is 5.43. The van der Waals surface area contributed by atoms with Gasteiger partial charge in [-0.25, -0.2) is 0 Å². The third-order valence-corrected chi connectivity index (χ3v) is 2.54. The Balaban J connectivity index is 3.14. The summed E-state index contributed by atoms with van der Waals surface area (Å²) in [5.74, 6) is 1.48. The maximum atomic E-state index is 10.4. The molecule has 4 nitrogen and oxygen atoms in total. The van der Waals surface area contributed by atoms with Crippen molar-refractivity contribution in [2.45, 2.75) is 19.4 Å². The van der Waals surface area contributed by atoms with E-state index < -0.39 is 0 Å². The number of hydrogen-bond donors (Lipinski definition) is 0. The summed E-state index contributed by atoms with van der Waals surface area (Å²) in [6.07, 6.45) is 2.04. The first-order valence-corrected chi connectivity index (χ1v) is 5.43. The van der Waals surface area contributed by atoms with E-state index in [-0.39, 0.29) is 0 Å². The lowest BCUT2D eigenvalue weighted by atomic mass is 10.0. The van der Waals surface area contributed by atoms with Crippen molar-refractivity contribution >= 4 is 6.29 Å². The average Bonchev–Trinajstić information content (AvgIpc) is 2.36. The SMILES string of the molecule is COCc1c(OC)ccc(CCC=O)c1OC. The summed E-state index contributed by atoms with van der Waals surface area (Å²) in [6, 6.07) is 3.79. The summed E-state index contributed by atoms with van der Waals surface area (Å²) in [7, 11) is 4.84. The second-order valence-electron chi connectivity index (χ2n) is 3.58. The van der Waals surface area contributed by atoms with Gasteiger partial charge in [-0.1, -0.05) is 6.07 Å². The first-order chi connectivity index (χ1) is 8.28. The molecule has 1 rings (SSSR count). The van der Waals surface area contributed by atoms with E-state index in [1.165, 1.54) is 0 Å². The van der Waals surface area contributed by atoms with E-state index >= 15 is 0 Å². The zero-order valence-electron chi connectivity index (χ0n) is 10.5. The van der Waals surface area contributed by atoms with Crippen LogP contribution in [0.1, 0.15) is 17.5 Å². The second kappa shape index (κ2) is 6.91. The van der Waals surface area contributed by atoms with Crippen molar-refractivity contribution in [1.29, 1.82) is 0 Å². The van der Waals surface area contributed by atoms with Gasteiger partial charge >= 0.3 is 0 Å². The van der Waals surface area contributed by atoms with E-state index in [1.54, 1.807) is 21.3 Å². The maximum absolute atomic E-state index is 10.4. The van der Waals surface area contributed by atoms with Gasteiger partial charge in [-0.05, 0) is 18.1 Å². The van der Waals surface area contributed by atoms with E-state index in [0.717, 1.165) is 28.9 Å². The molecule has 4 heteroatoms. The Morgan fingerprint density at radius 1 is 1.18 bits per heavy atom. The van der Waals surface area contributed by atoms with E-state index in [0.29, 0.717) is 19.4 Å². The molecule has 0 aliphatic heterocycles. The number of methoxy groups -OCH3 is 3. The molecule has 0 radical (unpaired) electrons. The minimum atomic E-state index is 0.418. The van der Waals surface area contributed by atoms with Crippen LogP contribution in [0.4, 0.5) is 0 Å². The summed E-state index contributed by atoms with van der Waals surface area (Å²) in [6.45, 7) is 0.418. The van der Waals surface area contributed by atoms with Crippen LogP contribution in [-0.4, -0.2) is 27.6 Å². The molecule has 0 heterocycles. The highest BCUT2D eigenvalue weighted by Crippen LogP contribution is 2.33. The minimum Gasteiger partial charge on any atom is -0.496 e. The number of aryl methyl sites for hydroxylation is 1. The molecule has 0 saturated carbocycles. The molecular formula is C13H18O4. The zero-order valence-corrected chi connectivity index (χ0v) is 10.5. The number of hydrogen-bond acceptors (Lipinski definition) is 4. The Morgan fingerprint density at radius 2 is 1.94 bits per heavy atom. The fourth-order valence-electron chi connectivity index (χ4n) is 1.80. The lowest BCUT2D eigenvalue weighted by Gasteiger charge is -2.16. The Bertz CT molecular complexity index is 374. The highest BCUT2D eigenvalue weighted by atomic mass is 16.5. The Labute approximate surface area is 101 Å². The van der Waals surface area contributed by atoms with Crippen molar-refractivity contribution in [1.82, 2.24) is 0 Å². The van der Waals surface area contributed by atoms with Gasteiger partial charge in [0.1, 0.15) is 17.8 Å². The maximum Gasteiger partial charge on any atom is 0.131 e. The molecule has 17 heavy (non-hydrogen) atoms. The van der Waals surface area contributed by atoms with E-state index in [9.17, 15) is 4.79 Å². The zero-order chi connectivity index (χ0) is 12.7. The molecule has 1 aromatic carbocycles. The fraction of sp³-hybridized carbons (Fsp3) is 0.462. The van der Waals surface area contributed by atoms with Crippen molar-refractivity contribution in [3.05, 3.63) is 23.3 Å². The van der Waals surface area contributed by atoms with Crippen LogP contribution in [0.5, 0.6) is 11.5 Å². The normalized spacial score (nSPS) is 10.1. The summed E-state index contributed by atoms with van der Waals surface area (Å²) >= 11 is 0. The number of benzene rings is 1. The topological polar surface area (TPSA) is 44.8 Å². The van der Waals surface area contributed by atoms with Crippen LogP contribution in [0, 0.1) is 0 Å². The molecule has 94 valence electrons. The molecule has 0 atom stereocenters. The summed E-state index contributed by atoms with van der Waals surface area (Å²) < 4.78 is 15.8. The number of aldehydes is 1. The molecule has 0 aliphatic rings. The predicted molar refractivity (Wildman–Crippen MR) is 64.6 cm³/mol. The van der Waals surface area contributed by atoms with Crippen LogP contribution in [0.3, 0.4) is 0 Å². The number of carbonyl (C=O) groups is 1. The number of carbonyl (C=O) groups excluding carboxylic acids is 1. The number of rotatable bonds is 7. The molecule has 0 spiro atoms. The van der Waals surface area contributed by atoms with Crippen LogP contribution in [0.15, 0.2) is 12.1 Å². The number of ether oxygens (including phenoxy) is 3. The standard InChI is InChI=1S/C13H18O4/c1-15-9-11-12(16-2)7-6-10(5-4-8-14)13(11)17-3/h6-8H,4-5,9H2,1-3H3. The third-order valence-electron chi connectivity index (χ3n) is 2.54. The van der Waals surface area contributed by atoms with Gasteiger partial charge in [-0.2, -0.15) is 0 Å². The average molecular weight is 238 g/mol. The van der Waals surface area contributed by atoms with Gasteiger partial charge in [0.15, 0.2) is 0 Å². The van der Waals surface area contributed by atoms with Gasteiger partial charge in [0.2, 0.25) is 0 Å². The molecule has 0 amide bonds. The smallest absolute Gasteiger partial charge is 0.131 e. The van der Waals surface area contributed by atoms with Crippen LogP contribution in [-0.2, 0) is 22.6 Å². The Kier molecular flexibility index (Phi) is 5.49. The molecule has 0 bridgehead atoms. The van der Waals surface area contributed by atoms with Crippen LogP contribution >= 0.6 is 0 Å². The van der Waals surface area contributed by atoms with Crippen LogP contribution in [0.2, 0.25) is 0 Å². The largest absolute Gasteiger partial charge is 0.496 e. The second-order valence-corrected chi connectivity index (χ2v) is 3.58. The van der Waals surface area contributed by atoms with Crippen molar-refractivity contribution in [2.75, 3.05) is 21.3 Å². The molecule has 0 unspecified atom stereocenters. The molecule has 0 aliphatic carbocycles. The van der Waals surface area contributed by atoms with E-state index in [4.69, 9.17) is 14.2 Å². The van der Waals surface area contributed by atoms with Crippen molar-refractivity contribution in [3.8, 4) is 11.5 Å². The predicted octanol–water partition coefficient (Wildman–Crippen LogP) is 1.98. The molecule has 0 saturated heterocycles. The van der Waals surface area contributed by atoms with E-state index in [2.05, 4.69) is 0 Å². The van der Waals surface area contributed by atoms with Gasteiger partial charge in [0, 0.05) is 13.5 Å². The van der Waals surface area contributed by atoms with Gasteiger partial charge in [0.05, 0.1) is 26.4 Å². The minimum absolute atomic E-state index is 0.418. The monoisotopic (exact) mass is 238 g/mol. The van der Waals surface area contributed by atoms with Gasteiger partial charge in [0.25, 0.3) is 0 Å². The summed E-state index contributed by atoms with van der Waals surface area (Å²) in [5, 5.41) is 0. The van der Waals surface area contributed by atoms with Gasteiger partial charge in [-0.15, -0.1) is 0 Å². The quantitative estimate of drug-likeness (QED) is 0.681. The summed E-state index contributed by atoms with van der Waals surface area (Å²) in [5.41, 5.74) is 1.87. The lowest BCUT2D eigenvalue weighted by molar-refractivity contribution is -0.107. The lowest BCUT2D eigenvalue weighted by Crippen LogP contribution is -2.02. The molecule has 0 N–H and O–H groups in total. The molecule has 0 aromatic heterocycles. The van der Waals surface area contributed by atoms with Crippen molar-refractivity contribution in [2.24, 2.45) is 0 Å². The van der Waals surface area contributed by atoms with Crippen molar-refractivity contribution < 1.29 is 19.0 Å². The fourth-order valence-corrected chi connectivity index (χ4v) is 1.80.